The molecule has 2 aromatic rings. The number of nitrogens with zero attached hydrogens (tertiary/aromatic N) is 3. The lowest BCUT2D eigenvalue weighted by Crippen LogP contribution is -2.73. The van der Waals surface area contributed by atoms with E-state index in [1.54, 1.807) is 0 Å². The van der Waals surface area contributed by atoms with Crippen molar-refractivity contribution in [2.24, 2.45) is 0 Å². The van der Waals surface area contributed by atoms with Gasteiger partial charge in [-0.1, -0.05) is 51.3 Å². The van der Waals surface area contributed by atoms with E-state index in [2.05, 4.69) is 43.0 Å². The molecule has 174 valence electrons. The summed E-state index contributed by atoms with van der Waals surface area (Å²) >= 11 is 1.88. The minimum atomic E-state index is -0.749. The van der Waals surface area contributed by atoms with Crippen molar-refractivity contribution >= 4 is 33.2 Å². The Morgan fingerprint density at radius 1 is 1.06 bits per heavy atom. The summed E-state index contributed by atoms with van der Waals surface area (Å²) in [7, 11) is 0. The molecule has 2 amide bonds. The Morgan fingerprint density at radius 2 is 1.84 bits per heavy atom. The van der Waals surface area contributed by atoms with Gasteiger partial charge in [0.2, 0.25) is 11.8 Å². The summed E-state index contributed by atoms with van der Waals surface area (Å²) in [5, 5.41) is 1.33. The highest BCUT2D eigenvalue weighted by atomic mass is 32.1. The Balaban J connectivity index is 1.52. The molecule has 5 nitrogen and oxygen atoms in total. The van der Waals surface area contributed by atoms with Crippen LogP contribution in [0.4, 0.5) is 0 Å². The highest BCUT2D eigenvalue weighted by Gasteiger charge is 2.52. The zero-order valence-electron chi connectivity index (χ0n) is 20.0. The maximum Gasteiger partial charge on any atom is 0.248 e. The fourth-order valence-electron chi connectivity index (χ4n) is 5.28. The van der Waals surface area contributed by atoms with Crippen LogP contribution in [0.3, 0.4) is 0 Å². The van der Waals surface area contributed by atoms with Gasteiger partial charge in [0.05, 0.1) is 0 Å². The molecular weight excluding hydrogens is 418 g/mol. The number of thiophene rings is 1. The number of unbranched alkanes of at least 4 members (excludes halogenated alkanes) is 3. The van der Waals surface area contributed by atoms with E-state index in [0.29, 0.717) is 19.6 Å². The summed E-state index contributed by atoms with van der Waals surface area (Å²) < 4.78 is 1.34. The third-order valence-electron chi connectivity index (χ3n) is 7.19. The summed E-state index contributed by atoms with van der Waals surface area (Å²) in [6.07, 6.45) is 5.44. The van der Waals surface area contributed by atoms with Crippen LogP contribution in [0, 0.1) is 0 Å². The maximum absolute atomic E-state index is 13.6. The van der Waals surface area contributed by atoms with Gasteiger partial charge in [0.25, 0.3) is 0 Å². The van der Waals surface area contributed by atoms with Gasteiger partial charge in [-0.15, -0.1) is 11.3 Å². The lowest BCUT2D eigenvalue weighted by atomic mass is 9.91. The monoisotopic (exact) mass is 455 g/mol. The van der Waals surface area contributed by atoms with Gasteiger partial charge in [-0.05, 0) is 43.7 Å². The lowest BCUT2D eigenvalue weighted by Gasteiger charge is -2.52. The molecule has 0 bridgehead atoms. The molecule has 0 saturated carbocycles. The van der Waals surface area contributed by atoms with Crippen molar-refractivity contribution < 1.29 is 9.59 Å². The third kappa shape index (κ3) is 4.19. The minimum absolute atomic E-state index is 0.104. The van der Waals surface area contributed by atoms with Crippen LogP contribution >= 0.6 is 11.3 Å². The Kier molecular flexibility index (Phi) is 6.91. The molecule has 1 aromatic heterocycles. The summed E-state index contributed by atoms with van der Waals surface area (Å²) in [5.74, 6) is 0.231. The highest BCUT2D eigenvalue weighted by molar-refractivity contribution is 7.19. The van der Waals surface area contributed by atoms with Crippen LogP contribution in [-0.2, 0) is 22.6 Å². The Hall–Kier alpha value is -1.92. The van der Waals surface area contributed by atoms with Crippen molar-refractivity contribution in [3.05, 3.63) is 34.7 Å². The van der Waals surface area contributed by atoms with Gasteiger partial charge in [0, 0.05) is 42.3 Å². The Morgan fingerprint density at radius 3 is 2.59 bits per heavy atom. The number of rotatable bonds is 8. The normalized spacial score (nSPS) is 21.4. The molecule has 1 aromatic carbocycles. The smallest absolute Gasteiger partial charge is 0.248 e. The number of carbonyl (C=O) groups is 2. The van der Waals surface area contributed by atoms with Crippen molar-refractivity contribution in [1.82, 2.24) is 14.7 Å². The molecule has 1 atom stereocenters. The molecule has 1 unspecified atom stereocenters. The fraction of sp³-hybridized carbons (Fsp3) is 0.615. The minimum Gasteiger partial charge on any atom is -0.327 e. The number of carbonyl (C=O) groups excluding carboxylic acids is 2. The van der Waals surface area contributed by atoms with Gasteiger partial charge < -0.3 is 9.80 Å². The molecule has 0 spiro atoms. The second kappa shape index (κ2) is 9.52. The first-order chi connectivity index (χ1) is 15.4. The zero-order valence-corrected chi connectivity index (χ0v) is 20.8. The summed E-state index contributed by atoms with van der Waals surface area (Å²) in [6.45, 7) is 11.8. The van der Waals surface area contributed by atoms with Crippen LogP contribution in [-0.4, -0.2) is 64.3 Å². The van der Waals surface area contributed by atoms with Gasteiger partial charge in [-0.3, -0.25) is 14.5 Å². The summed E-state index contributed by atoms with van der Waals surface area (Å²) in [6, 6.07) is 8.27. The average Bonchev–Trinajstić information content (AvgIpc) is 3.14. The second-order valence-electron chi connectivity index (χ2n) is 9.71. The third-order valence-corrected chi connectivity index (χ3v) is 8.55. The van der Waals surface area contributed by atoms with Crippen molar-refractivity contribution in [2.45, 2.75) is 77.9 Å². The van der Waals surface area contributed by atoms with Crippen LogP contribution in [0.25, 0.3) is 10.1 Å². The van der Waals surface area contributed by atoms with E-state index >= 15 is 0 Å². The van der Waals surface area contributed by atoms with E-state index in [-0.39, 0.29) is 17.9 Å². The number of aryl methyl sites for hydroxylation is 1. The number of benzene rings is 1. The van der Waals surface area contributed by atoms with Gasteiger partial charge >= 0.3 is 0 Å². The van der Waals surface area contributed by atoms with Gasteiger partial charge in [0.1, 0.15) is 11.6 Å². The molecule has 32 heavy (non-hydrogen) atoms. The number of hydrogen-bond acceptors (Lipinski definition) is 4. The van der Waals surface area contributed by atoms with E-state index in [1.807, 2.05) is 35.0 Å². The summed E-state index contributed by atoms with van der Waals surface area (Å²) in [4.78, 5) is 34.5. The number of piperazine rings is 2. The van der Waals surface area contributed by atoms with Crippen LogP contribution in [0.1, 0.15) is 63.8 Å². The van der Waals surface area contributed by atoms with Crippen LogP contribution in [0.15, 0.2) is 24.3 Å². The van der Waals surface area contributed by atoms with Crippen LogP contribution in [0.5, 0.6) is 0 Å². The largest absolute Gasteiger partial charge is 0.327 e. The highest BCUT2D eigenvalue weighted by Crippen LogP contribution is 2.34. The average molecular weight is 456 g/mol. The van der Waals surface area contributed by atoms with E-state index in [1.165, 1.54) is 33.4 Å². The molecule has 2 fully saturated rings. The Labute approximate surface area is 196 Å². The van der Waals surface area contributed by atoms with E-state index in [0.717, 1.165) is 32.4 Å². The second-order valence-corrected chi connectivity index (χ2v) is 10.8. The molecule has 2 aliphatic rings. The molecule has 2 aliphatic heterocycles. The van der Waals surface area contributed by atoms with Crippen molar-refractivity contribution in [1.29, 1.82) is 0 Å². The van der Waals surface area contributed by atoms with E-state index < -0.39 is 5.54 Å². The standard InChI is InChI=1S/C26H37N3O2S/c1-5-7-8-11-14-29-24(30)21-18-27(15-16-28(21)25(31)26(29,3)4)17-20-19-12-9-10-13-23(19)32-22(20)6-2/h9-10,12-13,21H,5-8,11,14-18H2,1-4H3. The predicted molar refractivity (Wildman–Crippen MR) is 132 cm³/mol. The van der Waals surface area contributed by atoms with Crippen LogP contribution in [0.2, 0.25) is 0 Å². The molecule has 2 saturated heterocycles. The molecule has 0 aliphatic carbocycles. The van der Waals surface area contributed by atoms with E-state index in [4.69, 9.17) is 0 Å². The zero-order chi connectivity index (χ0) is 22.9. The molecule has 3 heterocycles. The fourth-order valence-corrected chi connectivity index (χ4v) is 6.43. The molecule has 6 heteroatoms. The van der Waals surface area contributed by atoms with Gasteiger partial charge in [-0.25, -0.2) is 0 Å². The predicted octanol–water partition coefficient (Wildman–Crippen LogP) is 4.68. The first-order valence-electron chi connectivity index (χ1n) is 12.2. The molecule has 0 N–H and O–H groups in total. The van der Waals surface area contributed by atoms with Crippen molar-refractivity contribution in [3.63, 3.8) is 0 Å². The summed E-state index contributed by atoms with van der Waals surface area (Å²) in [5.41, 5.74) is 0.647. The van der Waals surface area contributed by atoms with Gasteiger partial charge in [-0.2, -0.15) is 0 Å². The first kappa shape index (κ1) is 23.2. The van der Waals surface area contributed by atoms with Crippen molar-refractivity contribution in [3.8, 4) is 0 Å². The number of amides is 2. The lowest BCUT2D eigenvalue weighted by molar-refractivity contribution is -0.172. The molecule has 4 rings (SSSR count). The topological polar surface area (TPSA) is 43.9 Å². The number of fused-ring (bicyclic) bond motifs is 2. The maximum atomic E-state index is 13.6. The van der Waals surface area contributed by atoms with E-state index in [9.17, 15) is 9.59 Å². The SMILES string of the molecule is CCCCCCN1C(=O)C2CN(Cc3c(CC)sc4ccccc34)CCN2C(=O)C1(C)C. The quantitative estimate of drug-likeness (QED) is 0.543. The first-order valence-corrected chi connectivity index (χ1v) is 13.0. The van der Waals surface area contributed by atoms with Crippen molar-refractivity contribution in [2.75, 3.05) is 26.2 Å². The number of hydrogen-bond donors (Lipinski definition) is 0. The Bertz CT molecular complexity index is 983. The van der Waals surface area contributed by atoms with Crippen LogP contribution < -0.4 is 0 Å². The molecule has 0 radical (unpaired) electrons. The van der Waals surface area contributed by atoms with Gasteiger partial charge in [0.15, 0.2) is 0 Å². The molecular formula is C26H37N3O2S.